The molecule has 1 atom stereocenters. The summed E-state index contributed by atoms with van der Waals surface area (Å²) in [5.41, 5.74) is 0.817. The highest BCUT2D eigenvalue weighted by Crippen LogP contribution is 2.04. The average Bonchev–Trinajstić information content (AvgIpc) is 2.59. The van der Waals surface area contributed by atoms with E-state index in [9.17, 15) is 14.4 Å². The lowest BCUT2D eigenvalue weighted by atomic mass is 10.1. The lowest BCUT2D eigenvalue weighted by Crippen LogP contribution is -2.41. The number of amides is 2. The van der Waals surface area contributed by atoms with Gasteiger partial charge in [-0.1, -0.05) is 36.9 Å². The number of carboxylic acid groups (broad SMARTS) is 1. The molecule has 1 aromatic rings. The molecule has 130 valence electrons. The van der Waals surface area contributed by atoms with E-state index in [0.29, 0.717) is 19.4 Å². The van der Waals surface area contributed by atoms with E-state index in [-0.39, 0.29) is 18.9 Å². The fourth-order valence-corrected chi connectivity index (χ4v) is 1.92. The third kappa shape index (κ3) is 7.98. The summed E-state index contributed by atoms with van der Waals surface area (Å²) >= 11 is 0. The van der Waals surface area contributed by atoms with Gasteiger partial charge in [-0.15, -0.1) is 0 Å². The maximum absolute atomic E-state index is 11.7. The van der Waals surface area contributed by atoms with E-state index in [0.717, 1.165) is 5.56 Å². The topological polar surface area (TPSA) is 105 Å². The molecule has 2 amide bonds. The molecule has 0 aromatic heterocycles. The zero-order valence-electron chi connectivity index (χ0n) is 13.4. The monoisotopic (exact) mass is 334 g/mol. The molecule has 0 radical (unpaired) electrons. The highest BCUT2D eigenvalue weighted by Gasteiger charge is 2.20. The van der Waals surface area contributed by atoms with Crippen molar-refractivity contribution in [2.45, 2.75) is 31.9 Å². The number of carbonyl (C=O) groups is 3. The first-order valence-electron chi connectivity index (χ1n) is 7.63. The highest BCUT2D eigenvalue weighted by atomic mass is 16.5. The van der Waals surface area contributed by atoms with Gasteiger partial charge in [0.2, 0.25) is 5.91 Å². The molecule has 0 aliphatic carbocycles. The van der Waals surface area contributed by atoms with Gasteiger partial charge in [0.25, 0.3) is 0 Å². The number of ether oxygens (including phenoxy) is 1. The van der Waals surface area contributed by atoms with Gasteiger partial charge in [0.05, 0.1) is 0 Å². The number of carboxylic acids is 1. The number of benzene rings is 1. The SMILES string of the molecule is C=CC(=O)NCCCC[C@@H](NC(=O)OCc1ccccc1)C(=O)O. The van der Waals surface area contributed by atoms with E-state index < -0.39 is 18.1 Å². The molecule has 0 fully saturated rings. The van der Waals surface area contributed by atoms with Crippen molar-refractivity contribution >= 4 is 18.0 Å². The van der Waals surface area contributed by atoms with E-state index in [4.69, 9.17) is 9.84 Å². The molecule has 0 unspecified atom stereocenters. The minimum atomic E-state index is -1.12. The zero-order valence-corrected chi connectivity index (χ0v) is 13.4. The van der Waals surface area contributed by atoms with E-state index >= 15 is 0 Å². The van der Waals surface area contributed by atoms with Crippen LogP contribution in [0.1, 0.15) is 24.8 Å². The molecule has 0 aliphatic rings. The predicted molar refractivity (Wildman–Crippen MR) is 88.2 cm³/mol. The third-order valence-electron chi connectivity index (χ3n) is 3.21. The molecular weight excluding hydrogens is 312 g/mol. The van der Waals surface area contributed by atoms with Crippen molar-refractivity contribution in [1.82, 2.24) is 10.6 Å². The Labute approximate surface area is 140 Å². The van der Waals surface area contributed by atoms with Crippen LogP contribution in [0.2, 0.25) is 0 Å². The summed E-state index contributed by atoms with van der Waals surface area (Å²) < 4.78 is 5.00. The maximum Gasteiger partial charge on any atom is 0.408 e. The Balaban J connectivity index is 2.29. The van der Waals surface area contributed by atoms with Gasteiger partial charge in [-0.05, 0) is 30.9 Å². The number of unbranched alkanes of at least 4 members (excludes halogenated alkanes) is 1. The number of nitrogens with one attached hydrogen (secondary N) is 2. The van der Waals surface area contributed by atoms with Crippen molar-refractivity contribution in [2.75, 3.05) is 6.54 Å². The van der Waals surface area contributed by atoms with Crippen LogP contribution in [-0.2, 0) is 20.9 Å². The van der Waals surface area contributed by atoms with Gasteiger partial charge in [-0.25, -0.2) is 9.59 Å². The Bertz CT molecular complexity index is 559. The van der Waals surface area contributed by atoms with Crippen molar-refractivity contribution in [2.24, 2.45) is 0 Å². The van der Waals surface area contributed by atoms with Crippen LogP contribution in [0.5, 0.6) is 0 Å². The third-order valence-corrected chi connectivity index (χ3v) is 3.21. The second-order valence-electron chi connectivity index (χ2n) is 5.09. The Hall–Kier alpha value is -2.83. The molecule has 0 bridgehead atoms. The fourth-order valence-electron chi connectivity index (χ4n) is 1.92. The second-order valence-corrected chi connectivity index (χ2v) is 5.09. The minimum Gasteiger partial charge on any atom is -0.480 e. The Morgan fingerprint density at radius 3 is 2.54 bits per heavy atom. The normalized spacial score (nSPS) is 11.2. The number of carbonyl (C=O) groups excluding carboxylic acids is 2. The van der Waals surface area contributed by atoms with Gasteiger partial charge >= 0.3 is 12.1 Å². The molecule has 0 saturated carbocycles. The smallest absolute Gasteiger partial charge is 0.408 e. The van der Waals surface area contributed by atoms with Crippen molar-refractivity contribution in [1.29, 1.82) is 0 Å². The standard InChI is InChI=1S/C17H22N2O5/c1-2-15(20)18-11-7-6-10-14(16(21)22)19-17(23)24-12-13-8-4-3-5-9-13/h2-5,8-9,14H,1,6-7,10-12H2,(H,18,20)(H,19,23)(H,21,22)/t14-/m1/s1. The van der Waals surface area contributed by atoms with Crippen LogP contribution >= 0.6 is 0 Å². The van der Waals surface area contributed by atoms with Crippen LogP contribution in [0.4, 0.5) is 4.79 Å². The molecule has 3 N–H and O–H groups in total. The molecule has 0 spiro atoms. The second kappa shape index (κ2) is 10.8. The summed E-state index contributed by atoms with van der Waals surface area (Å²) in [6, 6.07) is 8.08. The highest BCUT2D eigenvalue weighted by molar-refractivity contribution is 5.86. The first-order valence-corrected chi connectivity index (χ1v) is 7.63. The summed E-state index contributed by atoms with van der Waals surface area (Å²) in [7, 11) is 0. The molecule has 24 heavy (non-hydrogen) atoms. The van der Waals surface area contributed by atoms with Gasteiger partial charge in [0, 0.05) is 6.54 Å². The molecule has 0 aliphatic heterocycles. The Kier molecular flexibility index (Phi) is 8.67. The number of alkyl carbamates (subject to hydrolysis) is 1. The van der Waals surface area contributed by atoms with Gasteiger partial charge in [0.15, 0.2) is 0 Å². The maximum atomic E-state index is 11.7. The van der Waals surface area contributed by atoms with E-state index in [1.165, 1.54) is 6.08 Å². The minimum absolute atomic E-state index is 0.0760. The Morgan fingerprint density at radius 2 is 1.92 bits per heavy atom. The molecule has 0 heterocycles. The first kappa shape index (κ1) is 19.2. The van der Waals surface area contributed by atoms with Crippen molar-refractivity contribution in [3.63, 3.8) is 0 Å². The van der Waals surface area contributed by atoms with Crippen LogP contribution in [0.3, 0.4) is 0 Å². The van der Waals surface area contributed by atoms with Crippen molar-refractivity contribution < 1.29 is 24.2 Å². The van der Waals surface area contributed by atoms with Crippen molar-refractivity contribution in [3.05, 3.63) is 48.6 Å². The number of rotatable bonds is 10. The predicted octanol–water partition coefficient (Wildman–Crippen LogP) is 1.84. The summed E-state index contributed by atoms with van der Waals surface area (Å²) in [6.45, 7) is 3.83. The molecule has 1 aromatic carbocycles. The molecule has 7 heteroatoms. The number of hydrogen-bond donors (Lipinski definition) is 3. The lowest BCUT2D eigenvalue weighted by Gasteiger charge is -2.14. The van der Waals surface area contributed by atoms with Crippen LogP contribution < -0.4 is 10.6 Å². The fraction of sp³-hybridized carbons (Fsp3) is 0.353. The van der Waals surface area contributed by atoms with Gasteiger partial charge < -0.3 is 20.5 Å². The van der Waals surface area contributed by atoms with Gasteiger partial charge in [-0.2, -0.15) is 0 Å². The van der Waals surface area contributed by atoms with Crippen molar-refractivity contribution in [3.8, 4) is 0 Å². The van der Waals surface area contributed by atoms with Crippen LogP contribution in [0.25, 0.3) is 0 Å². The quantitative estimate of drug-likeness (QED) is 0.447. The van der Waals surface area contributed by atoms with Crippen LogP contribution in [0, 0.1) is 0 Å². The largest absolute Gasteiger partial charge is 0.480 e. The number of aliphatic carboxylic acids is 1. The zero-order chi connectivity index (χ0) is 17.8. The van der Waals surface area contributed by atoms with E-state index in [2.05, 4.69) is 17.2 Å². The van der Waals surface area contributed by atoms with E-state index in [1.807, 2.05) is 18.2 Å². The summed E-state index contributed by atoms with van der Waals surface area (Å²) in [5, 5.41) is 14.1. The van der Waals surface area contributed by atoms with Crippen LogP contribution in [-0.4, -0.2) is 35.7 Å². The molecular formula is C17H22N2O5. The Morgan fingerprint density at radius 1 is 1.21 bits per heavy atom. The van der Waals surface area contributed by atoms with E-state index in [1.54, 1.807) is 12.1 Å². The first-order chi connectivity index (χ1) is 11.5. The average molecular weight is 334 g/mol. The summed E-state index contributed by atoms with van der Waals surface area (Å²) in [4.78, 5) is 33.8. The molecule has 1 rings (SSSR count). The van der Waals surface area contributed by atoms with Gasteiger partial charge in [-0.3, -0.25) is 4.79 Å². The van der Waals surface area contributed by atoms with Gasteiger partial charge in [0.1, 0.15) is 12.6 Å². The summed E-state index contributed by atoms with van der Waals surface area (Å²) in [5.74, 6) is -1.39. The molecule has 0 saturated heterocycles. The lowest BCUT2D eigenvalue weighted by molar-refractivity contribution is -0.139. The summed E-state index contributed by atoms with van der Waals surface area (Å²) in [6.07, 6.45) is 1.79. The van der Waals surface area contributed by atoms with Crippen LogP contribution in [0.15, 0.2) is 43.0 Å². The molecule has 7 nitrogen and oxygen atoms in total. The number of hydrogen-bond acceptors (Lipinski definition) is 4.